The van der Waals surface area contributed by atoms with E-state index in [4.69, 9.17) is 4.52 Å². The van der Waals surface area contributed by atoms with Crippen LogP contribution in [0.2, 0.25) is 0 Å². The lowest BCUT2D eigenvalue weighted by atomic mass is 10.2. The van der Waals surface area contributed by atoms with Crippen molar-refractivity contribution in [1.29, 1.82) is 0 Å². The van der Waals surface area contributed by atoms with E-state index in [2.05, 4.69) is 33.8 Å². The van der Waals surface area contributed by atoms with E-state index >= 15 is 0 Å². The highest BCUT2D eigenvalue weighted by Gasteiger charge is 2.27. The number of carbonyl (C=O) groups is 1. The van der Waals surface area contributed by atoms with Gasteiger partial charge >= 0.3 is 0 Å². The maximum atomic E-state index is 12.3. The first-order chi connectivity index (χ1) is 9.56. The van der Waals surface area contributed by atoms with Gasteiger partial charge in [-0.1, -0.05) is 19.0 Å². The van der Waals surface area contributed by atoms with E-state index in [1.54, 1.807) is 17.9 Å². The number of aryl methyl sites for hydroxylation is 1. The van der Waals surface area contributed by atoms with Crippen LogP contribution >= 0.6 is 0 Å². The smallest absolute Gasteiger partial charge is 0.276 e. The van der Waals surface area contributed by atoms with Crippen LogP contribution in [0.25, 0.3) is 0 Å². The summed E-state index contributed by atoms with van der Waals surface area (Å²) in [5, 5.41) is 12.2. The molecule has 0 aliphatic carbocycles. The van der Waals surface area contributed by atoms with Crippen LogP contribution in [0.15, 0.2) is 10.6 Å². The molecule has 0 spiro atoms. The van der Waals surface area contributed by atoms with Crippen molar-refractivity contribution in [3.63, 3.8) is 0 Å². The van der Waals surface area contributed by atoms with E-state index in [-0.39, 0.29) is 5.91 Å². The van der Waals surface area contributed by atoms with Gasteiger partial charge in [-0.25, -0.2) is 0 Å². The maximum Gasteiger partial charge on any atom is 0.276 e. The van der Waals surface area contributed by atoms with Crippen molar-refractivity contribution < 1.29 is 9.32 Å². The van der Waals surface area contributed by atoms with Gasteiger partial charge in [0.2, 0.25) is 0 Å². The van der Waals surface area contributed by atoms with Crippen LogP contribution in [-0.4, -0.2) is 37.3 Å². The highest BCUT2D eigenvalue weighted by molar-refractivity contribution is 5.92. The Hall–Kier alpha value is -2.18. The Morgan fingerprint density at radius 1 is 1.35 bits per heavy atom. The number of nitrogens with zero attached hydrogens (tertiary/aromatic N) is 5. The second-order valence-electron chi connectivity index (χ2n) is 5.33. The molecule has 0 bridgehead atoms. The number of carbonyl (C=O) groups excluding carboxylic acids is 1. The molecule has 0 saturated heterocycles. The van der Waals surface area contributed by atoms with Crippen molar-refractivity contribution in [1.82, 2.24) is 24.8 Å². The van der Waals surface area contributed by atoms with E-state index in [1.165, 1.54) is 0 Å². The van der Waals surface area contributed by atoms with Gasteiger partial charge in [0.05, 0.1) is 6.54 Å². The molecule has 106 valence electrons. The Morgan fingerprint density at radius 3 is 2.80 bits per heavy atom. The minimum absolute atomic E-state index is 0.123. The monoisotopic (exact) mass is 275 g/mol. The third-order valence-corrected chi connectivity index (χ3v) is 3.43. The van der Waals surface area contributed by atoms with E-state index in [9.17, 15) is 4.79 Å². The molecule has 2 aromatic heterocycles. The molecule has 1 amide bonds. The van der Waals surface area contributed by atoms with E-state index in [0.29, 0.717) is 30.5 Å². The number of amides is 1. The van der Waals surface area contributed by atoms with Gasteiger partial charge in [0, 0.05) is 25.1 Å². The summed E-state index contributed by atoms with van der Waals surface area (Å²) in [4.78, 5) is 14.0. The number of hydrogen-bond donors (Lipinski definition) is 0. The highest BCUT2D eigenvalue weighted by atomic mass is 16.5. The molecular weight excluding hydrogens is 258 g/mol. The molecule has 3 rings (SSSR count). The molecule has 0 saturated carbocycles. The van der Waals surface area contributed by atoms with Crippen LogP contribution in [-0.2, 0) is 13.1 Å². The second-order valence-corrected chi connectivity index (χ2v) is 5.33. The molecule has 7 heteroatoms. The highest BCUT2D eigenvalue weighted by Crippen LogP contribution is 2.19. The molecule has 0 unspecified atom stereocenters. The van der Waals surface area contributed by atoms with Gasteiger partial charge < -0.3 is 14.0 Å². The number of aromatic nitrogens is 4. The molecule has 0 fully saturated rings. The Bertz CT molecular complexity index is 643. The first kappa shape index (κ1) is 12.8. The van der Waals surface area contributed by atoms with Crippen molar-refractivity contribution in [3.8, 4) is 0 Å². The normalized spacial score (nSPS) is 14.7. The van der Waals surface area contributed by atoms with Crippen LogP contribution in [0, 0.1) is 6.92 Å². The predicted octanol–water partition coefficient (Wildman–Crippen LogP) is 1.35. The fourth-order valence-corrected chi connectivity index (χ4v) is 2.41. The molecular formula is C13H17N5O2. The van der Waals surface area contributed by atoms with E-state index in [0.717, 1.165) is 18.2 Å². The molecule has 0 atom stereocenters. The van der Waals surface area contributed by atoms with Crippen LogP contribution in [0.5, 0.6) is 0 Å². The van der Waals surface area contributed by atoms with Gasteiger partial charge in [0.15, 0.2) is 11.5 Å². The van der Waals surface area contributed by atoms with Crippen molar-refractivity contribution >= 4 is 5.91 Å². The largest absolute Gasteiger partial charge is 0.361 e. The van der Waals surface area contributed by atoms with Gasteiger partial charge in [-0.2, -0.15) is 0 Å². The zero-order chi connectivity index (χ0) is 14.3. The summed E-state index contributed by atoms with van der Waals surface area (Å²) in [5.41, 5.74) is 0.347. The SMILES string of the molecule is Cc1cc(C(=O)N2CCn3c(nnc3C(C)C)C2)no1. The zero-order valence-corrected chi connectivity index (χ0v) is 11.8. The van der Waals surface area contributed by atoms with E-state index in [1.807, 2.05) is 0 Å². The van der Waals surface area contributed by atoms with Crippen molar-refractivity contribution in [2.24, 2.45) is 0 Å². The van der Waals surface area contributed by atoms with Crippen molar-refractivity contribution in [2.45, 2.75) is 39.8 Å². The number of fused-ring (bicyclic) bond motifs is 1. The minimum atomic E-state index is -0.123. The quantitative estimate of drug-likeness (QED) is 0.827. The lowest BCUT2D eigenvalue weighted by Crippen LogP contribution is -2.39. The van der Waals surface area contributed by atoms with Gasteiger partial charge in [-0.15, -0.1) is 10.2 Å². The van der Waals surface area contributed by atoms with Crippen LogP contribution in [0.1, 0.15) is 47.7 Å². The lowest BCUT2D eigenvalue weighted by Gasteiger charge is -2.27. The molecule has 0 N–H and O–H groups in total. The summed E-state index contributed by atoms with van der Waals surface area (Å²) in [6.07, 6.45) is 0. The number of hydrogen-bond acceptors (Lipinski definition) is 5. The minimum Gasteiger partial charge on any atom is -0.361 e. The second kappa shape index (κ2) is 4.73. The fourth-order valence-electron chi connectivity index (χ4n) is 2.41. The zero-order valence-electron chi connectivity index (χ0n) is 11.8. The molecule has 20 heavy (non-hydrogen) atoms. The molecule has 0 aromatic carbocycles. The Morgan fingerprint density at radius 2 is 2.15 bits per heavy atom. The standard InChI is InChI=1S/C13H17N5O2/c1-8(2)12-15-14-11-7-17(4-5-18(11)12)13(19)10-6-9(3)20-16-10/h6,8H,4-5,7H2,1-3H3. The summed E-state index contributed by atoms with van der Waals surface area (Å²) < 4.78 is 7.05. The first-order valence-corrected chi connectivity index (χ1v) is 6.71. The van der Waals surface area contributed by atoms with Crippen LogP contribution in [0.3, 0.4) is 0 Å². The van der Waals surface area contributed by atoms with Crippen molar-refractivity contribution in [2.75, 3.05) is 6.54 Å². The summed E-state index contributed by atoms with van der Waals surface area (Å²) in [5.74, 6) is 2.65. The van der Waals surface area contributed by atoms with Crippen molar-refractivity contribution in [3.05, 3.63) is 29.2 Å². The average Bonchev–Trinajstić information content (AvgIpc) is 3.03. The average molecular weight is 275 g/mol. The molecule has 2 aromatic rings. The third-order valence-electron chi connectivity index (χ3n) is 3.43. The summed E-state index contributed by atoms with van der Waals surface area (Å²) in [7, 11) is 0. The van der Waals surface area contributed by atoms with Crippen LogP contribution < -0.4 is 0 Å². The van der Waals surface area contributed by atoms with Gasteiger partial charge in [-0.05, 0) is 6.92 Å². The molecule has 3 heterocycles. The summed E-state index contributed by atoms with van der Waals surface area (Å²) in [6, 6.07) is 1.65. The maximum absolute atomic E-state index is 12.3. The summed E-state index contributed by atoms with van der Waals surface area (Å²) in [6.45, 7) is 7.77. The summed E-state index contributed by atoms with van der Waals surface area (Å²) >= 11 is 0. The molecule has 1 aliphatic heterocycles. The Balaban J connectivity index is 1.81. The third kappa shape index (κ3) is 2.09. The fraction of sp³-hybridized carbons (Fsp3) is 0.538. The first-order valence-electron chi connectivity index (χ1n) is 6.71. The Labute approximate surface area is 116 Å². The lowest BCUT2D eigenvalue weighted by molar-refractivity contribution is 0.0695. The van der Waals surface area contributed by atoms with Gasteiger partial charge in [-0.3, -0.25) is 4.79 Å². The number of rotatable bonds is 2. The molecule has 7 nitrogen and oxygen atoms in total. The van der Waals surface area contributed by atoms with Crippen LogP contribution in [0.4, 0.5) is 0 Å². The van der Waals surface area contributed by atoms with Gasteiger partial charge in [0.1, 0.15) is 11.6 Å². The van der Waals surface area contributed by atoms with E-state index < -0.39 is 0 Å². The topological polar surface area (TPSA) is 77.1 Å². The molecule has 1 aliphatic rings. The Kier molecular flexibility index (Phi) is 3.04. The molecule has 0 radical (unpaired) electrons. The predicted molar refractivity (Wildman–Crippen MR) is 70.1 cm³/mol. The van der Waals surface area contributed by atoms with Gasteiger partial charge in [0.25, 0.3) is 5.91 Å².